The molecule has 0 radical (unpaired) electrons. The predicted molar refractivity (Wildman–Crippen MR) is 123 cm³/mol. The minimum absolute atomic E-state index is 0.0191. The molecule has 0 atom stereocenters. The van der Waals surface area contributed by atoms with Gasteiger partial charge in [-0.25, -0.2) is 4.79 Å². The number of hydrogen-bond donors (Lipinski definition) is 0. The molecule has 0 saturated heterocycles. The summed E-state index contributed by atoms with van der Waals surface area (Å²) in [6.07, 6.45) is 1.20. The van der Waals surface area contributed by atoms with Crippen LogP contribution >= 0.6 is 23.2 Å². The summed E-state index contributed by atoms with van der Waals surface area (Å²) in [7, 11) is 1.56. The van der Waals surface area contributed by atoms with Gasteiger partial charge in [0.25, 0.3) is 0 Å². The number of halogens is 2. The van der Waals surface area contributed by atoms with Crippen molar-refractivity contribution in [2.45, 2.75) is 0 Å². The molecule has 168 valence electrons. The molecule has 0 amide bonds. The number of fused-ring (bicyclic) bond motifs is 1. The Bertz CT molecular complexity index is 1360. The van der Waals surface area contributed by atoms with Gasteiger partial charge in [-0.2, -0.15) is 0 Å². The molecule has 9 heteroatoms. The Labute approximate surface area is 198 Å². The molecule has 0 bridgehead atoms. The van der Waals surface area contributed by atoms with E-state index in [0.717, 1.165) is 0 Å². The maximum absolute atomic E-state index is 12.7. The van der Waals surface area contributed by atoms with E-state index in [0.29, 0.717) is 22.3 Å². The first kappa shape index (κ1) is 22.5. The van der Waals surface area contributed by atoms with Crippen molar-refractivity contribution in [2.75, 3.05) is 13.7 Å². The molecule has 0 spiro atoms. The van der Waals surface area contributed by atoms with Crippen LogP contribution in [0.4, 0.5) is 0 Å². The SMILES string of the molecule is COc1ccc(Oc2coc3cc(OC(=O)COc4ccc(Cl)cc4Cl)ccc3c2=O)cc1. The number of ether oxygens (including phenoxy) is 4. The van der Waals surface area contributed by atoms with E-state index in [9.17, 15) is 9.59 Å². The van der Waals surface area contributed by atoms with Crippen LogP contribution in [0.5, 0.6) is 28.7 Å². The second kappa shape index (κ2) is 9.85. The van der Waals surface area contributed by atoms with Gasteiger partial charge in [0, 0.05) is 11.1 Å². The van der Waals surface area contributed by atoms with Crippen molar-refractivity contribution in [1.29, 1.82) is 0 Å². The Hall–Kier alpha value is -3.68. The van der Waals surface area contributed by atoms with Gasteiger partial charge in [-0.15, -0.1) is 0 Å². The van der Waals surface area contributed by atoms with Crippen molar-refractivity contribution in [3.05, 3.63) is 87.2 Å². The molecule has 0 fully saturated rings. The molecule has 7 nitrogen and oxygen atoms in total. The Morgan fingerprint density at radius 1 is 0.909 bits per heavy atom. The molecule has 0 N–H and O–H groups in total. The highest BCUT2D eigenvalue weighted by atomic mass is 35.5. The van der Waals surface area contributed by atoms with Crippen molar-refractivity contribution in [2.24, 2.45) is 0 Å². The van der Waals surface area contributed by atoms with Crippen LogP contribution in [0.3, 0.4) is 0 Å². The largest absolute Gasteiger partial charge is 0.497 e. The topological polar surface area (TPSA) is 84.2 Å². The van der Waals surface area contributed by atoms with E-state index in [4.69, 9.17) is 46.6 Å². The lowest BCUT2D eigenvalue weighted by Crippen LogP contribution is -2.17. The fraction of sp³-hybridized carbons (Fsp3) is 0.0833. The van der Waals surface area contributed by atoms with Crippen LogP contribution in [0.15, 0.2) is 76.1 Å². The summed E-state index contributed by atoms with van der Waals surface area (Å²) >= 11 is 11.8. The summed E-state index contributed by atoms with van der Waals surface area (Å²) in [5.74, 6) is 0.954. The minimum Gasteiger partial charge on any atom is -0.497 e. The molecule has 0 saturated carbocycles. The monoisotopic (exact) mass is 486 g/mol. The van der Waals surface area contributed by atoms with Crippen LogP contribution in [0.25, 0.3) is 11.0 Å². The van der Waals surface area contributed by atoms with Gasteiger partial charge in [0.1, 0.15) is 34.8 Å². The summed E-state index contributed by atoms with van der Waals surface area (Å²) in [4.78, 5) is 24.9. The molecule has 0 aliphatic heterocycles. The zero-order valence-electron chi connectivity index (χ0n) is 17.2. The third kappa shape index (κ3) is 5.39. The fourth-order valence-corrected chi connectivity index (χ4v) is 3.35. The van der Waals surface area contributed by atoms with Gasteiger partial charge in [0.2, 0.25) is 11.2 Å². The second-order valence-corrected chi connectivity index (χ2v) is 7.55. The molecule has 0 aliphatic carbocycles. The summed E-state index contributed by atoms with van der Waals surface area (Å²) < 4.78 is 26.8. The van der Waals surface area contributed by atoms with Gasteiger partial charge >= 0.3 is 5.97 Å². The average molecular weight is 487 g/mol. The number of hydrogen-bond acceptors (Lipinski definition) is 7. The van der Waals surface area contributed by atoms with Crippen LogP contribution < -0.4 is 24.4 Å². The van der Waals surface area contributed by atoms with Crippen molar-refractivity contribution in [1.82, 2.24) is 0 Å². The van der Waals surface area contributed by atoms with Gasteiger partial charge < -0.3 is 23.4 Å². The van der Waals surface area contributed by atoms with Gasteiger partial charge in [-0.1, -0.05) is 23.2 Å². The number of carbonyl (C=O) groups is 1. The molecule has 0 aliphatic rings. The zero-order valence-corrected chi connectivity index (χ0v) is 18.7. The number of rotatable bonds is 7. The molecule has 3 aromatic carbocycles. The zero-order chi connectivity index (χ0) is 23.4. The number of benzene rings is 3. The Kier molecular flexibility index (Phi) is 6.72. The van der Waals surface area contributed by atoms with E-state index in [1.165, 1.54) is 30.5 Å². The Morgan fingerprint density at radius 2 is 1.64 bits per heavy atom. The van der Waals surface area contributed by atoms with E-state index in [1.54, 1.807) is 43.5 Å². The average Bonchev–Trinajstić information content (AvgIpc) is 2.81. The van der Waals surface area contributed by atoms with Crippen molar-refractivity contribution < 1.29 is 28.2 Å². The maximum atomic E-state index is 12.7. The molecule has 4 rings (SSSR count). The summed E-state index contributed by atoms with van der Waals surface area (Å²) in [5, 5.41) is 0.991. The van der Waals surface area contributed by atoms with Crippen molar-refractivity contribution in [3.63, 3.8) is 0 Å². The third-order valence-electron chi connectivity index (χ3n) is 4.47. The summed E-state index contributed by atoms with van der Waals surface area (Å²) in [6.45, 7) is -0.377. The van der Waals surface area contributed by atoms with E-state index in [2.05, 4.69) is 0 Å². The molecule has 1 aromatic heterocycles. The lowest BCUT2D eigenvalue weighted by Gasteiger charge is -2.09. The molecule has 0 unspecified atom stereocenters. The van der Waals surface area contributed by atoms with Crippen LogP contribution in [-0.2, 0) is 4.79 Å². The minimum atomic E-state index is -0.665. The van der Waals surface area contributed by atoms with E-state index >= 15 is 0 Å². The third-order valence-corrected chi connectivity index (χ3v) is 5.00. The standard InChI is InChI=1S/C24H16Cl2O7/c1-29-15-3-5-16(6-4-15)32-22-12-30-21-11-17(7-8-18(21)24(22)28)33-23(27)13-31-20-9-2-14(25)10-19(20)26/h2-12H,13H2,1H3. The predicted octanol–water partition coefficient (Wildman–Crippen LogP) is 5.89. The van der Waals surface area contributed by atoms with Gasteiger partial charge in [0.05, 0.1) is 17.5 Å². The highest BCUT2D eigenvalue weighted by Gasteiger charge is 2.13. The number of esters is 1. The molecule has 1 heterocycles. The van der Waals surface area contributed by atoms with Crippen molar-refractivity contribution >= 4 is 40.1 Å². The van der Waals surface area contributed by atoms with Crippen LogP contribution in [0, 0.1) is 0 Å². The van der Waals surface area contributed by atoms with E-state index < -0.39 is 5.97 Å². The highest BCUT2D eigenvalue weighted by Crippen LogP contribution is 2.28. The first-order valence-electron chi connectivity index (χ1n) is 9.59. The normalized spacial score (nSPS) is 10.6. The van der Waals surface area contributed by atoms with Crippen LogP contribution in [0.2, 0.25) is 10.0 Å². The lowest BCUT2D eigenvalue weighted by molar-refractivity contribution is -0.136. The van der Waals surface area contributed by atoms with E-state index in [1.807, 2.05) is 0 Å². The summed E-state index contributed by atoms with van der Waals surface area (Å²) in [5.41, 5.74) is -0.139. The second-order valence-electron chi connectivity index (χ2n) is 6.70. The van der Waals surface area contributed by atoms with Crippen molar-refractivity contribution in [3.8, 4) is 28.7 Å². The Balaban J connectivity index is 1.44. The first-order valence-corrected chi connectivity index (χ1v) is 10.3. The number of methoxy groups -OCH3 is 1. The van der Waals surface area contributed by atoms with Crippen LogP contribution in [-0.4, -0.2) is 19.7 Å². The van der Waals surface area contributed by atoms with Gasteiger partial charge in [-0.3, -0.25) is 4.79 Å². The van der Waals surface area contributed by atoms with Gasteiger partial charge in [-0.05, 0) is 54.6 Å². The summed E-state index contributed by atoms with van der Waals surface area (Å²) in [6, 6.07) is 15.8. The molecular formula is C24H16Cl2O7. The highest BCUT2D eigenvalue weighted by molar-refractivity contribution is 6.35. The molecule has 33 heavy (non-hydrogen) atoms. The smallest absolute Gasteiger partial charge is 0.349 e. The van der Waals surface area contributed by atoms with E-state index in [-0.39, 0.29) is 39.5 Å². The number of carbonyl (C=O) groups excluding carboxylic acids is 1. The lowest BCUT2D eigenvalue weighted by atomic mass is 10.2. The fourth-order valence-electron chi connectivity index (χ4n) is 2.89. The van der Waals surface area contributed by atoms with Crippen LogP contribution in [0.1, 0.15) is 0 Å². The first-order chi connectivity index (χ1) is 15.9. The molecular weight excluding hydrogens is 471 g/mol. The molecule has 4 aromatic rings. The maximum Gasteiger partial charge on any atom is 0.349 e. The Morgan fingerprint density at radius 3 is 2.36 bits per heavy atom. The van der Waals surface area contributed by atoms with Gasteiger partial charge in [0.15, 0.2) is 6.61 Å². The quantitative estimate of drug-likeness (QED) is 0.238.